The summed E-state index contributed by atoms with van der Waals surface area (Å²) in [6, 6.07) is 12.9. The van der Waals surface area contributed by atoms with Crippen molar-refractivity contribution in [3.63, 3.8) is 0 Å². The Morgan fingerprint density at radius 1 is 1.16 bits per heavy atom. The van der Waals surface area contributed by atoms with E-state index in [1.807, 2.05) is 30.5 Å². The Hall–Kier alpha value is -2.51. The van der Waals surface area contributed by atoms with E-state index in [1.54, 1.807) is 36.7 Å². The number of rotatable bonds is 5. The average Bonchev–Trinajstić information content (AvgIpc) is 3.05. The summed E-state index contributed by atoms with van der Waals surface area (Å²) in [5.74, 6) is -0.181. The number of hydrogen-bond acceptors (Lipinski definition) is 4. The number of thiophene rings is 1. The Morgan fingerprint density at radius 2 is 1.96 bits per heavy atom. The molecular formula is C18H17N3O2S2. The first-order chi connectivity index (χ1) is 12.0. The van der Waals surface area contributed by atoms with Crippen LogP contribution in [0.1, 0.15) is 15.2 Å². The van der Waals surface area contributed by atoms with Crippen LogP contribution in [0, 0.1) is 6.92 Å². The van der Waals surface area contributed by atoms with Gasteiger partial charge in [-0.05, 0) is 42.8 Å². The minimum absolute atomic E-state index is 0.181. The maximum absolute atomic E-state index is 12.5. The van der Waals surface area contributed by atoms with Crippen LogP contribution in [0.25, 0.3) is 11.3 Å². The Bertz CT molecular complexity index is 937. The lowest BCUT2D eigenvalue weighted by Crippen LogP contribution is -2.10. The van der Waals surface area contributed by atoms with Crippen LogP contribution in [0.5, 0.6) is 0 Å². The van der Waals surface area contributed by atoms with Crippen molar-refractivity contribution in [3.05, 3.63) is 64.5 Å². The third-order valence-electron chi connectivity index (χ3n) is 3.49. The van der Waals surface area contributed by atoms with Crippen molar-refractivity contribution in [1.29, 1.82) is 0 Å². The van der Waals surface area contributed by atoms with Gasteiger partial charge in [0.15, 0.2) is 0 Å². The van der Waals surface area contributed by atoms with E-state index in [9.17, 15) is 9.00 Å². The summed E-state index contributed by atoms with van der Waals surface area (Å²) in [4.78, 5) is 17.5. The third-order valence-corrected chi connectivity index (χ3v) is 4.94. The second-order valence-electron chi connectivity index (χ2n) is 5.46. The van der Waals surface area contributed by atoms with E-state index in [0.29, 0.717) is 16.3 Å². The number of aryl methyl sites for hydroxylation is 1. The van der Waals surface area contributed by atoms with Crippen molar-refractivity contribution < 1.29 is 9.00 Å². The molecule has 0 saturated heterocycles. The van der Waals surface area contributed by atoms with Gasteiger partial charge in [-0.25, -0.2) is 4.21 Å². The Labute approximate surface area is 152 Å². The summed E-state index contributed by atoms with van der Waals surface area (Å²) >= 11 is 1.38. The van der Waals surface area contributed by atoms with Gasteiger partial charge >= 0.3 is 0 Å². The van der Waals surface area contributed by atoms with Crippen molar-refractivity contribution >= 4 is 39.6 Å². The molecule has 0 aliphatic heterocycles. The molecule has 0 aliphatic rings. The van der Waals surface area contributed by atoms with Crippen LogP contribution in [-0.2, 0) is 11.0 Å². The lowest BCUT2D eigenvalue weighted by molar-refractivity contribution is 0.103. The molecule has 0 radical (unpaired) electrons. The molecule has 0 saturated carbocycles. The van der Waals surface area contributed by atoms with E-state index in [1.165, 1.54) is 11.3 Å². The van der Waals surface area contributed by atoms with Gasteiger partial charge in [0, 0.05) is 34.8 Å². The first-order valence-electron chi connectivity index (χ1n) is 7.55. The Kier molecular flexibility index (Phi) is 5.25. The summed E-state index contributed by atoms with van der Waals surface area (Å²) in [5.41, 5.74) is 4.22. The predicted octanol–water partition coefficient (Wildman–Crippen LogP) is 4.08. The molecule has 0 spiro atoms. The van der Waals surface area contributed by atoms with Gasteiger partial charge in [-0.15, -0.1) is 11.3 Å². The SMILES string of the molecule is Cc1cccnc1-c1csc(C(=O)Nc2cccc(NS(C)=O)c2)c1. The van der Waals surface area contributed by atoms with Crippen molar-refractivity contribution in [1.82, 2.24) is 4.98 Å². The van der Waals surface area contributed by atoms with Gasteiger partial charge in [-0.1, -0.05) is 12.1 Å². The summed E-state index contributed by atoms with van der Waals surface area (Å²) < 4.78 is 14.0. The van der Waals surface area contributed by atoms with Crippen LogP contribution in [0.2, 0.25) is 0 Å². The Morgan fingerprint density at radius 3 is 2.72 bits per heavy atom. The number of benzene rings is 1. The molecule has 2 N–H and O–H groups in total. The standard InChI is InChI=1S/C18H17N3O2S2/c1-12-5-4-8-19-17(12)13-9-16(24-11-13)18(22)20-14-6-3-7-15(10-14)21-25(2)23/h3-11,21H,1-2H3,(H,20,22). The number of amides is 1. The largest absolute Gasteiger partial charge is 0.321 e. The van der Waals surface area contributed by atoms with Crippen LogP contribution in [-0.4, -0.2) is 21.4 Å². The van der Waals surface area contributed by atoms with Gasteiger partial charge in [0.2, 0.25) is 0 Å². The molecule has 7 heteroatoms. The minimum atomic E-state index is -1.16. The minimum Gasteiger partial charge on any atom is -0.321 e. The van der Waals surface area contributed by atoms with E-state index in [0.717, 1.165) is 16.8 Å². The smallest absolute Gasteiger partial charge is 0.265 e. The molecule has 1 unspecified atom stereocenters. The number of nitrogens with zero attached hydrogens (tertiary/aromatic N) is 1. The van der Waals surface area contributed by atoms with Crippen molar-refractivity contribution in [3.8, 4) is 11.3 Å². The lowest BCUT2D eigenvalue weighted by Gasteiger charge is -2.07. The van der Waals surface area contributed by atoms with Crippen LogP contribution in [0.3, 0.4) is 0 Å². The monoisotopic (exact) mass is 371 g/mol. The number of carbonyl (C=O) groups excluding carboxylic acids is 1. The summed E-state index contributed by atoms with van der Waals surface area (Å²) in [5, 5.41) is 4.80. The van der Waals surface area contributed by atoms with Gasteiger partial charge < -0.3 is 10.0 Å². The number of anilines is 2. The second-order valence-corrected chi connectivity index (χ2v) is 7.48. The highest BCUT2D eigenvalue weighted by atomic mass is 32.2. The first-order valence-corrected chi connectivity index (χ1v) is 9.99. The number of aromatic nitrogens is 1. The molecule has 0 fully saturated rings. The fourth-order valence-corrected chi connectivity index (χ4v) is 3.63. The quantitative estimate of drug-likeness (QED) is 0.710. The number of carbonyl (C=O) groups is 1. The molecule has 0 bridgehead atoms. The molecule has 1 aromatic carbocycles. The van der Waals surface area contributed by atoms with Gasteiger partial charge in [0.05, 0.1) is 10.6 Å². The normalized spacial score (nSPS) is 11.8. The molecular weight excluding hydrogens is 354 g/mol. The molecule has 0 aliphatic carbocycles. The molecule has 2 aromatic heterocycles. The highest BCUT2D eigenvalue weighted by Crippen LogP contribution is 2.27. The van der Waals surface area contributed by atoms with Crippen molar-refractivity contribution in [2.45, 2.75) is 6.92 Å². The fourth-order valence-electron chi connectivity index (χ4n) is 2.39. The van der Waals surface area contributed by atoms with Crippen LogP contribution in [0.15, 0.2) is 54.0 Å². The number of hydrogen-bond donors (Lipinski definition) is 2. The zero-order valence-electron chi connectivity index (χ0n) is 13.8. The van der Waals surface area contributed by atoms with Gasteiger partial charge in [0.1, 0.15) is 11.0 Å². The second kappa shape index (κ2) is 7.58. The average molecular weight is 371 g/mol. The number of pyridine rings is 1. The van der Waals surface area contributed by atoms with E-state index in [-0.39, 0.29) is 5.91 Å². The van der Waals surface area contributed by atoms with Crippen molar-refractivity contribution in [2.24, 2.45) is 0 Å². The zero-order chi connectivity index (χ0) is 17.8. The van der Waals surface area contributed by atoms with E-state index in [4.69, 9.17) is 0 Å². The molecule has 128 valence electrons. The Balaban J connectivity index is 1.76. The lowest BCUT2D eigenvalue weighted by atomic mass is 10.1. The first kappa shape index (κ1) is 17.3. The van der Waals surface area contributed by atoms with E-state index in [2.05, 4.69) is 15.0 Å². The van der Waals surface area contributed by atoms with Gasteiger partial charge in [-0.3, -0.25) is 9.78 Å². The molecule has 3 aromatic rings. The highest BCUT2D eigenvalue weighted by molar-refractivity contribution is 7.85. The van der Waals surface area contributed by atoms with Crippen molar-refractivity contribution in [2.75, 3.05) is 16.3 Å². The molecule has 25 heavy (non-hydrogen) atoms. The fraction of sp³-hybridized carbons (Fsp3) is 0.111. The maximum atomic E-state index is 12.5. The molecule has 1 atom stereocenters. The third kappa shape index (κ3) is 4.32. The molecule has 5 nitrogen and oxygen atoms in total. The molecule has 2 heterocycles. The predicted molar refractivity (Wildman–Crippen MR) is 104 cm³/mol. The molecule has 1 amide bonds. The van der Waals surface area contributed by atoms with Crippen LogP contribution in [0.4, 0.5) is 11.4 Å². The van der Waals surface area contributed by atoms with E-state index < -0.39 is 11.0 Å². The van der Waals surface area contributed by atoms with E-state index >= 15 is 0 Å². The molecule has 3 rings (SSSR count). The summed E-state index contributed by atoms with van der Waals surface area (Å²) in [6.07, 6.45) is 3.30. The van der Waals surface area contributed by atoms with Gasteiger partial charge in [0.25, 0.3) is 5.91 Å². The summed E-state index contributed by atoms with van der Waals surface area (Å²) in [7, 11) is -1.16. The van der Waals surface area contributed by atoms with Crippen LogP contribution < -0.4 is 10.0 Å². The zero-order valence-corrected chi connectivity index (χ0v) is 15.4. The van der Waals surface area contributed by atoms with Gasteiger partial charge in [-0.2, -0.15) is 0 Å². The number of nitrogens with one attached hydrogen (secondary N) is 2. The maximum Gasteiger partial charge on any atom is 0.265 e. The van der Waals surface area contributed by atoms with Crippen LogP contribution >= 0.6 is 11.3 Å². The topological polar surface area (TPSA) is 71.1 Å². The highest BCUT2D eigenvalue weighted by Gasteiger charge is 2.12. The summed E-state index contributed by atoms with van der Waals surface area (Å²) in [6.45, 7) is 2.00.